The molecule has 1 aliphatic heterocycles. The van der Waals surface area contributed by atoms with Gasteiger partial charge >= 0.3 is 0 Å². The van der Waals surface area contributed by atoms with Gasteiger partial charge in [0.05, 0.1) is 0 Å². The van der Waals surface area contributed by atoms with Crippen LogP contribution < -0.4 is 5.32 Å². The van der Waals surface area contributed by atoms with Gasteiger partial charge in [-0.1, -0.05) is 0 Å². The Labute approximate surface area is 78.9 Å². The molecule has 2 atom stereocenters. The van der Waals surface area contributed by atoms with Gasteiger partial charge in [-0.15, -0.1) is 0 Å². The van der Waals surface area contributed by atoms with Crippen molar-refractivity contribution in [1.29, 1.82) is 0 Å². The minimum atomic E-state index is 0.166. The van der Waals surface area contributed by atoms with Crippen LogP contribution in [0.1, 0.15) is 19.3 Å². The van der Waals surface area contributed by atoms with Crippen molar-refractivity contribution in [3.05, 3.63) is 0 Å². The molecule has 0 aromatic rings. The third kappa shape index (κ3) is 2.67. The zero-order valence-corrected chi connectivity index (χ0v) is 8.07. The zero-order valence-electron chi connectivity index (χ0n) is 8.07. The molecule has 1 rings (SSSR count). The third-order valence-electron chi connectivity index (χ3n) is 2.75. The van der Waals surface area contributed by atoms with Crippen molar-refractivity contribution in [2.24, 2.45) is 0 Å². The number of nitrogens with zero attached hydrogens (tertiary/aromatic N) is 1. The molecule has 0 saturated carbocycles. The molecule has 4 nitrogen and oxygen atoms in total. The number of hydrogen-bond acceptors (Lipinski definition) is 3. The van der Waals surface area contributed by atoms with E-state index in [-0.39, 0.29) is 12.6 Å². The lowest BCUT2D eigenvalue weighted by Crippen LogP contribution is -2.49. The molecule has 1 saturated heterocycles. The van der Waals surface area contributed by atoms with Crippen LogP contribution in [-0.2, 0) is 4.79 Å². The van der Waals surface area contributed by atoms with Crippen molar-refractivity contribution in [2.45, 2.75) is 31.3 Å². The lowest BCUT2D eigenvalue weighted by Gasteiger charge is -2.37. The molecule has 1 heterocycles. The van der Waals surface area contributed by atoms with Crippen LogP contribution >= 0.6 is 0 Å². The van der Waals surface area contributed by atoms with E-state index in [0.717, 1.165) is 25.8 Å². The number of aliphatic hydroxyl groups excluding tert-OH is 1. The Morgan fingerprint density at radius 3 is 2.92 bits per heavy atom. The molecule has 76 valence electrons. The monoisotopic (exact) mass is 186 g/mol. The summed E-state index contributed by atoms with van der Waals surface area (Å²) in [6, 6.07) is 0.659. The van der Waals surface area contributed by atoms with Gasteiger partial charge in [-0.2, -0.15) is 0 Å². The minimum absolute atomic E-state index is 0.166. The lowest BCUT2D eigenvalue weighted by molar-refractivity contribution is -0.122. The van der Waals surface area contributed by atoms with Crippen molar-refractivity contribution in [3.8, 4) is 0 Å². The Morgan fingerprint density at radius 2 is 2.38 bits per heavy atom. The SMILES string of the molecule is CNC1CCC(CCO)N(C=O)C1. The van der Waals surface area contributed by atoms with Crippen molar-refractivity contribution in [2.75, 3.05) is 20.2 Å². The van der Waals surface area contributed by atoms with Crippen molar-refractivity contribution in [3.63, 3.8) is 0 Å². The number of likely N-dealkylation sites (N-methyl/N-ethyl adjacent to an activating group) is 1. The van der Waals surface area contributed by atoms with E-state index in [0.29, 0.717) is 12.5 Å². The summed E-state index contributed by atoms with van der Waals surface area (Å²) in [5, 5.41) is 12.0. The van der Waals surface area contributed by atoms with Gasteiger partial charge in [0, 0.05) is 25.2 Å². The second kappa shape index (κ2) is 5.19. The van der Waals surface area contributed by atoms with Gasteiger partial charge in [-0.3, -0.25) is 4.79 Å². The molecule has 1 amide bonds. The number of rotatable bonds is 4. The van der Waals surface area contributed by atoms with E-state index in [2.05, 4.69) is 5.32 Å². The molecule has 0 aromatic carbocycles. The molecule has 0 spiro atoms. The normalized spacial score (nSPS) is 28.9. The number of likely N-dealkylation sites (tertiary alicyclic amines) is 1. The number of carbonyl (C=O) groups excluding carboxylic acids is 1. The number of aliphatic hydroxyl groups is 1. The van der Waals surface area contributed by atoms with E-state index in [4.69, 9.17) is 5.11 Å². The number of amides is 1. The average molecular weight is 186 g/mol. The molecular formula is C9H18N2O2. The minimum Gasteiger partial charge on any atom is -0.396 e. The predicted octanol–water partition coefficient (Wildman–Crippen LogP) is -0.422. The molecule has 0 aliphatic carbocycles. The van der Waals surface area contributed by atoms with Crippen LogP contribution in [0.3, 0.4) is 0 Å². The summed E-state index contributed by atoms with van der Waals surface area (Å²) in [6.07, 6.45) is 3.68. The number of nitrogens with one attached hydrogen (secondary N) is 1. The Balaban J connectivity index is 2.44. The molecule has 1 aliphatic rings. The summed E-state index contributed by atoms with van der Waals surface area (Å²) < 4.78 is 0. The summed E-state index contributed by atoms with van der Waals surface area (Å²) in [7, 11) is 1.92. The first-order valence-corrected chi connectivity index (χ1v) is 4.81. The van der Waals surface area contributed by atoms with E-state index < -0.39 is 0 Å². The van der Waals surface area contributed by atoms with Crippen LogP contribution in [0.4, 0.5) is 0 Å². The largest absolute Gasteiger partial charge is 0.396 e. The van der Waals surface area contributed by atoms with E-state index in [1.165, 1.54) is 0 Å². The second-order valence-electron chi connectivity index (χ2n) is 3.53. The van der Waals surface area contributed by atoms with Crippen LogP contribution in [0, 0.1) is 0 Å². The topological polar surface area (TPSA) is 52.6 Å². The standard InChI is InChI=1S/C9H18N2O2/c1-10-8-2-3-9(4-5-12)11(6-8)7-13/h7-10,12H,2-6H2,1H3. The van der Waals surface area contributed by atoms with E-state index in [1.807, 2.05) is 7.05 Å². The summed E-state index contributed by atoms with van der Waals surface area (Å²) in [4.78, 5) is 12.5. The van der Waals surface area contributed by atoms with Gasteiger partial charge in [0.15, 0.2) is 0 Å². The Bertz CT molecular complexity index is 164. The van der Waals surface area contributed by atoms with Gasteiger partial charge in [0.2, 0.25) is 6.41 Å². The van der Waals surface area contributed by atoms with Crippen molar-refractivity contribution in [1.82, 2.24) is 10.2 Å². The highest BCUT2D eigenvalue weighted by Crippen LogP contribution is 2.17. The number of hydrogen-bond donors (Lipinski definition) is 2. The fourth-order valence-electron chi connectivity index (χ4n) is 1.88. The quantitative estimate of drug-likeness (QED) is 0.586. The molecule has 0 aromatic heterocycles. The average Bonchev–Trinajstić information content (AvgIpc) is 2.19. The summed E-state index contributed by atoms with van der Waals surface area (Å²) in [5.41, 5.74) is 0. The van der Waals surface area contributed by atoms with E-state index in [1.54, 1.807) is 4.90 Å². The molecular weight excluding hydrogens is 168 g/mol. The highest BCUT2D eigenvalue weighted by molar-refractivity contribution is 5.48. The highest BCUT2D eigenvalue weighted by Gasteiger charge is 2.25. The first-order chi connectivity index (χ1) is 6.31. The van der Waals surface area contributed by atoms with Gasteiger partial charge in [0.25, 0.3) is 0 Å². The molecule has 2 unspecified atom stereocenters. The van der Waals surface area contributed by atoms with E-state index >= 15 is 0 Å². The maximum atomic E-state index is 10.7. The van der Waals surface area contributed by atoms with Crippen molar-refractivity contribution < 1.29 is 9.90 Å². The van der Waals surface area contributed by atoms with Crippen molar-refractivity contribution >= 4 is 6.41 Å². The molecule has 13 heavy (non-hydrogen) atoms. The van der Waals surface area contributed by atoms with Gasteiger partial charge in [-0.25, -0.2) is 0 Å². The third-order valence-corrected chi connectivity index (χ3v) is 2.75. The first kappa shape index (κ1) is 10.5. The Morgan fingerprint density at radius 1 is 1.62 bits per heavy atom. The lowest BCUT2D eigenvalue weighted by atomic mass is 9.97. The smallest absolute Gasteiger partial charge is 0.210 e. The maximum absolute atomic E-state index is 10.7. The van der Waals surface area contributed by atoms with E-state index in [9.17, 15) is 4.79 Å². The highest BCUT2D eigenvalue weighted by atomic mass is 16.3. The Kier molecular flexibility index (Phi) is 4.18. The molecule has 0 radical (unpaired) electrons. The zero-order chi connectivity index (χ0) is 9.68. The van der Waals surface area contributed by atoms with Gasteiger partial charge in [0.1, 0.15) is 0 Å². The molecule has 1 fully saturated rings. The van der Waals surface area contributed by atoms with Crippen LogP contribution in [0.15, 0.2) is 0 Å². The molecule has 2 N–H and O–H groups in total. The maximum Gasteiger partial charge on any atom is 0.210 e. The van der Waals surface area contributed by atoms with Gasteiger partial charge in [-0.05, 0) is 26.3 Å². The number of piperidine rings is 1. The molecule has 0 bridgehead atoms. The molecule has 4 heteroatoms. The fourth-order valence-corrected chi connectivity index (χ4v) is 1.88. The van der Waals surface area contributed by atoms with Crippen LogP contribution in [-0.4, -0.2) is 48.7 Å². The fraction of sp³-hybridized carbons (Fsp3) is 0.889. The van der Waals surface area contributed by atoms with Gasteiger partial charge < -0.3 is 15.3 Å². The van der Waals surface area contributed by atoms with Crippen LogP contribution in [0.2, 0.25) is 0 Å². The summed E-state index contributed by atoms with van der Waals surface area (Å²) >= 11 is 0. The first-order valence-electron chi connectivity index (χ1n) is 4.81. The van der Waals surface area contributed by atoms with Crippen LogP contribution in [0.5, 0.6) is 0 Å². The summed E-state index contributed by atoms with van der Waals surface area (Å²) in [6.45, 7) is 0.934. The number of carbonyl (C=O) groups is 1. The van der Waals surface area contributed by atoms with Crippen LogP contribution in [0.25, 0.3) is 0 Å². The summed E-state index contributed by atoms with van der Waals surface area (Å²) in [5.74, 6) is 0. The Hall–Kier alpha value is -0.610. The predicted molar refractivity (Wildman–Crippen MR) is 50.3 cm³/mol. The second-order valence-corrected chi connectivity index (χ2v) is 3.53.